The third kappa shape index (κ3) is 7.20. The topological polar surface area (TPSA) is 101 Å². The third-order valence-corrected chi connectivity index (χ3v) is 9.31. The number of pyridine rings is 1. The first-order valence-electron chi connectivity index (χ1n) is 15.8. The second kappa shape index (κ2) is 13.7. The molecule has 2 N–H and O–H groups in total. The Morgan fingerprint density at radius 3 is 2.41 bits per heavy atom. The number of hydrogen-bond acceptors (Lipinski definition) is 5. The molecular weight excluding hydrogens is 704 g/mol. The van der Waals surface area contributed by atoms with E-state index in [1.54, 1.807) is 30.0 Å². The quantitative estimate of drug-likeness (QED) is 0.202. The van der Waals surface area contributed by atoms with Crippen LogP contribution in [0, 0.1) is 25.5 Å². The van der Waals surface area contributed by atoms with Gasteiger partial charge in [-0.15, -0.1) is 0 Å². The lowest BCUT2D eigenvalue weighted by molar-refractivity contribution is -0.139. The van der Waals surface area contributed by atoms with Crippen LogP contribution in [0.15, 0.2) is 59.5 Å². The number of halogens is 7. The van der Waals surface area contributed by atoms with Crippen LogP contribution in [0.1, 0.15) is 51.9 Å². The number of aliphatic carboxylic acids is 1. The summed E-state index contributed by atoms with van der Waals surface area (Å²) >= 11 is 6.30. The molecule has 1 saturated heterocycles. The summed E-state index contributed by atoms with van der Waals surface area (Å²) in [5.74, 6) is -4.68. The Kier molecular flexibility index (Phi) is 9.68. The molecule has 0 aliphatic carbocycles. The molecule has 268 valence electrons. The molecule has 0 unspecified atom stereocenters. The Morgan fingerprint density at radius 1 is 1.02 bits per heavy atom. The maximum absolute atomic E-state index is 16.1. The number of nitrogens with one attached hydrogen (secondary N) is 1. The number of carboxylic acid groups (broad SMARTS) is 1. The fourth-order valence-electron chi connectivity index (χ4n) is 6.57. The Morgan fingerprint density at radius 2 is 1.75 bits per heavy atom. The third-order valence-electron chi connectivity index (χ3n) is 9.03. The average Bonchev–Trinajstić information content (AvgIpc) is 3.02. The molecule has 1 fully saturated rings. The lowest BCUT2D eigenvalue weighted by Crippen LogP contribution is -2.49. The van der Waals surface area contributed by atoms with E-state index in [1.165, 1.54) is 19.1 Å². The van der Waals surface area contributed by atoms with Crippen LogP contribution in [-0.2, 0) is 22.2 Å². The Bertz CT molecular complexity index is 2110. The number of fused-ring (bicyclic) bond motifs is 6. The normalized spacial score (nSPS) is 18.0. The summed E-state index contributed by atoms with van der Waals surface area (Å²) in [6.07, 6.45) is -6.54. The largest absolute Gasteiger partial charge is 0.481 e. The predicted octanol–water partition coefficient (Wildman–Crippen LogP) is 7.31. The van der Waals surface area contributed by atoms with Gasteiger partial charge in [0.1, 0.15) is 35.3 Å². The van der Waals surface area contributed by atoms with Crippen LogP contribution < -0.4 is 15.6 Å². The highest BCUT2D eigenvalue weighted by Gasteiger charge is 2.38. The minimum Gasteiger partial charge on any atom is -0.481 e. The van der Waals surface area contributed by atoms with Crippen LogP contribution in [-0.4, -0.2) is 52.3 Å². The number of likely N-dealkylation sites (tertiary alicyclic amines) is 1. The number of carboxylic acids is 1. The molecule has 2 atom stereocenters. The monoisotopic (exact) mass is 733 g/mol. The molecule has 51 heavy (non-hydrogen) atoms. The van der Waals surface area contributed by atoms with Crippen molar-refractivity contribution >= 4 is 23.5 Å². The van der Waals surface area contributed by atoms with Crippen LogP contribution in [0.2, 0.25) is 5.02 Å². The number of alkyl halides is 4. The van der Waals surface area contributed by atoms with Crippen LogP contribution in [0.25, 0.3) is 11.1 Å². The summed E-state index contributed by atoms with van der Waals surface area (Å²) in [7, 11) is 0. The van der Waals surface area contributed by atoms with Crippen LogP contribution in [0.4, 0.5) is 26.3 Å². The van der Waals surface area contributed by atoms with Crippen molar-refractivity contribution in [3.8, 4) is 22.6 Å². The van der Waals surface area contributed by atoms with Crippen molar-refractivity contribution in [2.75, 3.05) is 19.6 Å². The molecule has 4 bridgehead atoms. The minimum absolute atomic E-state index is 0.00732. The van der Waals surface area contributed by atoms with E-state index in [1.807, 2.05) is 0 Å². The van der Waals surface area contributed by atoms with Gasteiger partial charge in [0, 0.05) is 54.7 Å². The molecule has 2 aliphatic heterocycles. The fourth-order valence-corrected chi connectivity index (χ4v) is 6.78. The average molecular weight is 734 g/mol. The first-order chi connectivity index (χ1) is 24.0. The van der Waals surface area contributed by atoms with Gasteiger partial charge in [-0.1, -0.05) is 23.7 Å². The lowest BCUT2D eigenvalue weighted by Gasteiger charge is -2.34. The molecule has 0 spiro atoms. The number of aryl methyl sites for hydroxylation is 2. The van der Waals surface area contributed by atoms with Crippen molar-refractivity contribution in [2.24, 2.45) is 0 Å². The predicted molar refractivity (Wildman–Crippen MR) is 175 cm³/mol. The summed E-state index contributed by atoms with van der Waals surface area (Å²) < 4.78 is 94.8. The first-order valence-corrected chi connectivity index (χ1v) is 16.2. The highest BCUT2D eigenvalue weighted by molar-refractivity contribution is 6.31. The van der Waals surface area contributed by atoms with E-state index in [2.05, 4.69) is 5.32 Å². The van der Waals surface area contributed by atoms with Crippen LogP contribution >= 0.6 is 11.6 Å². The van der Waals surface area contributed by atoms with Gasteiger partial charge in [-0.3, -0.25) is 23.9 Å². The van der Waals surface area contributed by atoms with Gasteiger partial charge in [0.05, 0.1) is 23.0 Å². The summed E-state index contributed by atoms with van der Waals surface area (Å²) in [5.41, 5.74) is -2.34. The molecule has 0 radical (unpaired) electrons. The number of hydrogen-bond donors (Lipinski definition) is 2. The molecule has 1 aromatic heterocycles. The van der Waals surface area contributed by atoms with Crippen LogP contribution in [0.3, 0.4) is 0 Å². The number of aromatic nitrogens is 1. The van der Waals surface area contributed by atoms with E-state index in [0.717, 1.165) is 18.3 Å². The fraction of sp³-hybridized carbons (Fsp3) is 0.306. The van der Waals surface area contributed by atoms with E-state index in [9.17, 15) is 37.1 Å². The molecule has 2 aliphatic rings. The molecule has 15 heteroatoms. The molecular formula is C36H30ClF6N3O5. The minimum atomic E-state index is -5.00. The van der Waals surface area contributed by atoms with E-state index in [4.69, 9.17) is 16.3 Å². The van der Waals surface area contributed by atoms with Gasteiger partial charge in [-0.05, 0) is 66.8 Å². The van der Waals surface area contributed by atoms with Crippen molar-refractivity contribution in [2.45, 2.75) is 51.1 Å². The number of amides is 1. The molecule has 0 saturated carbocycles. The summed E-state index contributed by atoms with van der Waals surface area (Å²) in [6, 6.07) is 6.60. The van der Waals surface area contributed by atoms with Gasteiger partial charge in [0.15, 0.2) is 0 Å². The van der Waals surface area contributed by atoms with E-state index < -0.39 is 81.6 Å². The van der Waals surface area contributed by atoms with E-state index >= 15 is 8.78 Å². The van der Waals surface area contributed by atoms with Crippen molar-refractivity contribution in [3.63, 3.8) is 0 Å². The zero-order valence-electron chi connectivity index (χ0n) is 27.1. The SMILES string of the molecule is Cc1cc2cc(c1F)[C@@H](CC(=O)O)NC(=O)[C@H](n1cc(CCN3CC(F)C3)c(C(F)(F)F)cc1=O)c1cc(cc(Cl)c1F)Oc1cccc(C)c1-2. The smallest absolute Gasteiger partial charge is 0.416 e. The second-order valence-electron chi connectivity index (χ2n) is 12.7. The zero-order valence-corrected chi connectivity index (χ0v) is 27.8. The first kappa shape index (κ1) is 36.0. The second-order valence-corrected chi connectivity index (χ2v) is 13.1. The maximum Gasteiger partial charge on any atom is 0.416 e. The lowest BCUT2D eigenvalue weighted by atomic mass is 9.92. The highest BCUT2D eigenvalue weighted by atomic mass is 35.5. The van der Waals surface area contributed by atoms with Crippen molar-refractivity contribution in [3.05, 3.63) is 115 Å². The standard InChI is InChI=1S/C36H30ClF6N3O5/c1-17-4-3-5-28-31(17)20-8-18(2)32(39)23(9-20)27(13-30(48)49)44-35(50)34(24-10-22(51-28)11-26(37)33(24)40)46-14-19(6-7-45-15-21(38)16-45)25(12-29(46)47)36(41,42)43/h3-5,8-12,14,21,27,34H,6-7,13,15-16H2,1-2H3,(H,44,50)(H,48,49)/t27-,34-/m1/s1. The maximum atomic E-state index is 16.1. The molecule has 3 aromatic carbocycles. The molecule has 6 rings (SSSR count). The molecule has 1 amide bonds. The van der Waals surface area contributed by atoms with Crippen LogP contribution in [0.5, 0.6) is 11.5 Å². The van der Waals surface area contributed by atoms with Gasteiger partial charge in [0.2, 0.25) is 5.91 Å². The summed E-state index contributed by atoms with van der Waals surface area (Å²) in [6.45, 7) is 3.19. The van der Waals surface area contributed by atoms with Gasteiger partial charge in [-0.25, -0.2) is 13.2 Å². The Labute approximate surface area is 292 Å². The number of carbonyl (C=O) groups excluding carboxylic acids is 1. The molecule has 8 nitrogen and oxygen atoms in total. The van der Waals surface area contributed by atoms with Crippen molar-refractivity contribution in [1.29, 1.82) is 0 Å². The van der Waals surface area contributed by atoms with Gasteiger partial charge >= 0.3 is 12.1 Å². The van der Waals surface area contributed by atoms with Gasteiger partial charge < -0.3 is 15.2 Å². The number of rotatable bonds is 6. The van der Waals surface area contributed by atoms with Crippen molar-refractivity contribution < 1.29 is 45.8 Å². The number of nitrogens with zero attached hydrogens (tertiary/aromatic N) is 2. The highest BCUT2D eigenvalue weighted by Crippen LogP contribution is 2.42. The molecule has 4 aromatic rings. The number of ether oxygens (including phenoxy) is 1. The summed E-state index contributed by atoms with van der Waals surface area (Å²) in [4.78, 5) is 41.5. The number of benzene rings is 3. The Balaban J connectivity index is 1.61. The zero-order chi connectivity index (χ0) is 36.9. The van der Waals surface area contributed by atoms with Gasteiger partial charge in [0.25, 0.3) is 5.56 Å². The Hall–Kier alpha value is -4.82. The van der Waals surface area contributed by atoms with Gasteiger partial charge in [-0.2, -0.15) is 13.2 Å². The van der Waals surface area contributed by atoms with Crippen molar-refractivity contribution in [1.82, 2.24) is 14.8 Å². The van der Waals surface area contributed by atoms with E-state index in [0.29, 0.717) is 21.3 Å². The summed E-state index contributed by atoms with van der Waals surface area (Å²) in [5, 5.41) is 11.7. The molecule has 3 heterocycles. The van der Waals surface area contributed by atoms with E-state index in [-0.39, 0.29) is 54.7 Å². The number of carbonyl (C=O) groups is 2.